The summed E-state index contributed by atoms with van der Waals surface area (Å²) in [5.41, 5.74) is 3.19. The second-order valence-corrected chi connectivity index (χ2v) is 9.69. The third-order valence-electron chi connectivity index (χ3n) is 5.45. The molecular formula is C23H29ClN4O4S. The van der Waals surface area contributed by atoms with E-state index in [0.717, 1.165) is 37.3 Å². The molecule has 1 aromatic carbocycles. The summed E-state index contributed by atoms with van der Waals surface area (Å²) >= 11 is 7.07. The molecule has 0 saturated heterocycles. The first-order valence-electron chi connectivity index (χ1n) is 10.8. The Labute approximate surface area is 202 Å². The quantitative estimate of drug-likeness (QED) is 0.499. The number of carbonyl (C=O) groups excluding carboxylic acids is 3. The Hall–Kier alpha value is -2.46. The molecule has 3 amide bonds. The molecule has 33 heavy (non-hydrogen) atoms. The minimum atomic E-state index is -0.842. The molecule has 2 aromatic rings. The minimum Gasteiger partial charge on any atom is -0.375 e. The molecule has 0 unspecified atom stereocenters. The largest absolute Gasteiger partial charge is 0.375 e. The maximum absolute atomic E-state index is 13.1. The maximum Gasteiger partial charge on any atom is 0.262 e. The van der Waals surface area contributed by atoms with Crippen LogP contribution >= 0.6 is 22.9 Å². The van der Waals surface area contributed by atoms with Gasteiger partial charge in [-0.25, -0.2) is 0 Å². The molecule has 0 saturated carbocycles. The van der Waals surface area contributed by atoms with Crippen LogP contribution < -0.4 is 16.0 Å². The van der Waals surface area contributed by atoms with Gasteiger partial charge in [-0.3, -0.25) is 14.4 Å². The summed E-state index contributed by atoms with van der Waals surface area (Å²) in [6.07, 6.45) is 2.12. The Kier molecular flexibility index (Phi) is 9.25. The lowest BCUT2D eigenvalue weighted by Gasteiger charge is -2.19. The highest BCUT2D eigenvalue weighted by molar-refractivity contribution is 7.18. The van der Waals surface area contributed by atoms with Gasteiger partial charge in [-0.2, -0.15) is 0 Å². The number of ether oxygens (including phenoxy) is 1. The second kappa shape index (κ2) is 12.1. The van der Waals surface area contributed by atoms with Crippen LogP contribution in [-0.4, -0.2) is 69.1 Å². The van der Waals surface area contributed by atoms with Crippen molar-refractivity contribution in [2.45, 2.75) is 25.3 Å². The molecule has 3 N–H and O–H groups in total. The van der Waals surface area contributed by atoms with Gasteiger partial charge in [0.25, 0.3) is 5.91 Å². The molecular weight excluding hydrogens is 464 g/mol. The van der Waals surface area contributed by atoms with Gasteiger partial charge in [0, 0.05) is 32.4 Å². The molecule has 0 radical (unpaired) electrons. The van der Waals surface area contributed by atoms with E-state index in [1.165, 1.54) is 18.2 Å². The van der Waals surface area contributed by atoms with E-state index >= 15 is 0 Å². The number of anilines is 1. The summed E-state index contributed by atoms with van der Waals surface area (Å²) in [7, 11) is 3.54. The summed E-state index contributed by atoms with van der Waals surface area (Å²) < 4.78 is 5.29. The number of hydrogen-bond donors (Lipinski definition) is 3. The lowest BCUT2D eigenvalue weighted by atomic mass is 10.0. The number of fused-ring (bicyclic) bond motifs is 1. The molecule has 0 fully saturated rings. The van der Waals surface area contributed by atoms with E-state index in [-0.39, 0.29) is 37.3 Å². The highest BCUT2D eigenvalue weighted by atomic mass is 35.5. The zero-order valence-electron chi connectivity index (χ0n) is 18.8. The van der Waals surface area contributed by atoms with Crippen molar-refractivity contribution in [3.63, 3.8) is 0 Å². The van der Waals surface area contributed by atoms with Crippen molar-refractivity contribution in [3.05, 3.63) is 50.7 Å². The average molecular weight is 493 g/mol. The summed E-state index contributed by atoms with van der Waals surface area (Å²) in [5.74, 6) is -1.03. The first-order chi connectivity index (χ1) is 15.9. The number of likely N-dealkylation sites (N-methyl/N-ethyl adjacent to an activating group) is 1. The van der Waals surface area contributed by atoms with Crippen molar-refractivity contribution in [1.82, 2.24) is 15.5 Å². The van der Waals surface area contributed by atoms with E-state index < -0.39 is 6.04 Å². The number of thiophene rings is 1. The van der Waals surface area contributed by atoms with E-state index in [4.69, 9.17) is 16.3 Å². The Morgan fingerprint density at radius 3 is 2.61 bits per heavy atom. The molecule has 0 bridgehead atoms. The normalized spacial score (nSPS) is 14.6. The summed E-state index contributed by atoms with van der Waals surface area (Å²) in [6.45, 7) is 2.12. The van der Waals surface area contributed by atoms with Gasteiger partial charge >= 0.3 is 0 Å². The van der Waals surface area contributed by atoms with Crippen LogP contribution in [-0.2, 0) is 27.2 Å². The fourth-order valence-electron chi connectivity index (χ4n) is 3.62. The van der Waals surface area contributed by atoms with Crippen LogP contribution in [0.5, 0.6) is 0 Å². The van der Waals surface area contributed by atoms with E-state index in [1.807, 2.05) is 12.1 Å². The van der Waals surface area contributed by atoms with Crippen molar-refractivity contribution in [1.29, 1.82) is 0 Å². The Balaban J connectivity index is 1.68. The second-order valence-electron chi connectivity index (χ2n) is 7.98. The Bertz CT molecular complexity index is 997. The molecule has 3 rings (SSSR count). The predicted molar refractivity (Wildman–Crippen MR) is 130 cm³/mol. The molecule has 0 spiro atoms. The number of amides is 3. The number of hydrogen-bond acceptors (Lipinski definition) is 6. The van der Waals surface area contributed by atoms with Crippen molar-refractivity contribution >= 4 is 46.3 Å². The van der Waals surface area contributed by atoms with Gasteiger partial charge in [-0.05, 0) is 61.7 Å². The third kappa shape index (κ3) is 7.53. The molecule has 1 aliphatic rings. The van der Waals surface area contributed by atoms with Gasteiger partial charge in [0.05, 0.1) is 9.21 Å². The zero-order valence-corrected chi connectivity index (χ0v) is 20.4. The number of nitrogens with zero attached hydrogens (tertiary/aromatic N) is 1. The van der Waals surface area contributed by atoms with Gasteiger partial charge in [0.15, 0.2) is 0 Å². The Morgan fingerprint density at radius 1 is 1.15 bits per heavy atom. The van der Waals surface area contributed by atoms with Crippen molar-refractivity contribution in [2.75, 3.05) is 45.7 Å². The highest BCUT2D eigenvalue weighted by Gasteiger charge is 2.23. The highest BCUT2D eigenvalue weighted by Crippen LogP contribution is 2.22. The standard InChI is InChI=1S/C23H29ClN4O4S/c1-28-11-8-15-3-4-17(13-16(15)9-12-28)26-22(30)18(7-10-25-21(29)14-32-2)27-23(31)19-5-6-20(24)33-19/h3-6,13,18H,7-12,14H2,1-2H3,(H,25,29)(H,26,30)(H,27,31)/t18-/m1/s1. The fourth-order valence-corrected chi connectivity index (χ4v) is 4.56. The van der Waals surface area contributed by atoms with Crippen molar-refractivity contribution < 1.29 is 19.1 Å². The molecule has 178 valence electrons. The number of methoxy groups -OCH3 is 1. The van der Waals surface area contributed by atoms with E-state index in [2.05, 4.69) is 34.0 Å². The molecule has 1 aromatic heterocycles. The number of benzene rings is 1. The zero-order chi connectivity index (χ0) is 23.8. The lowest BCUT2D eigenvalue weighted by molar-refractivity contribution is -0.125. The topological polar surface area (TPSA) is 99.8 Å². The van der Waals surface area contributed by atoms with E-state index in [9.17, 15) is 14.4 Å². The summed E-state index contributed by atoms with van der Waals surface area (Å²) in [4.78, 5) is 40.1. The first kappa shape index (κ1) is 25.2. The van der Waals surface area contributed by atoms with Crippen LogP contribution in [0.25, 0.3) is 0 Å². The van der Waals surface area contributed by atoms with Crippen LogP contribution in [0.15, 0.2) is 30.3 Å². The Morgan fingerprint density at radius 2 is 1.91 bits per heavy atom. The predicted octanol–water partition coefficient (Wildman–Crippen LogP) is 2.32. The number of nitrogens with one attached hydrogen (secondary N) is 3. The van der Waals surface area contributed by atoms with Gasteiger partial charge in [-0.15, -0.1) is 11.3 Å². The molecule has 8 nitrogen and oxygen atoms in total. The van der Waals surface area contributed by atoms with E-state index in [0.29, 0.717) is 14.9 Å². The molecule has 10 heteroatoms. The SMILES string of the molecule is COCC(=O)NCC[C@@H](NC(=O)c1ccc(Cl)s1)C(=O)Nc1ccc2c(c1)CCN(C)CC2. The molecule has 0 aliphatic carbocycles. The lowest BCUT2D eigenvalue weighted by Crippen LogP contribution is -2.45. The maximum atomic E-state index is 13.1. The van der Waals surface area contributed by atoms with Crippen LogP contribution in [0.3, 0.4) is 0 Å². The number of rotatable bonds is 9. The van der Waals surface area contributed by atoms with Crippen molar-refractivity contribution in [2.24, 2.45) is 0 Å². The first-order valence-corrected chi connectivity index (χ1v) is 12.0. The minimum absolute atomic E-state index is 0.0682. The van der Waals surface area contributed by atoms with E-state index in [1.54, 1.807) is 12.1 Å². The van der Waals surface area contributed by atoms with Gasteiger partial charge < -0.3 is 25.6 Å². The summed E-state index contributed by atoms with van der Waals surface area (Å²) in [6, 6.07) is 8.35. The molecule has 1 aliphatic heterocycles. The number of carbonyl (C=O) groups is 3. The average Bonchev–Trinajstić information content (AvgIpc) is 3.13. The van der Waals surface area contributed by atoms with Gasteiger partial charge in [0.1, 0.15) is 12.6 Å². The van der Waals surface area contributed by atoms with Crippen LogP contribution in [0.2, 0.25) is 4.34 Å². The number of halogens is 1. The molecule has 1 atom stereocenters. The van der Waals surface area contributed by atoms with Crippen LogP contribution in [0.4, 0.5) is 5.69 Å². The van der Waals surface area contributed by atoms with Gasteiger partial charge in [0.2, 0.25) is 11.8 Å². The summed E-state index contributed by atoms with van der Waals surface area (Å²) in [5, 5.41) is 8.37. The van der Waals surface area contributed by atoms with Crippen LogP contribution in [0.1, 0.15) is 27.2 Å². The van der Waals surface area contributed by atoms with Gasteiger partial charge in [-0.1, -0.05) is 17.7 Å². The third-order valence-corrected chi connectivity index (χ3v) is 6.68. The molecule has 2 heterocycles. The fraction of sp³-hybridized carbons (Fsp3) is 0.435. The van der Waals surface area contributed by atoms with Crippen molar-refractivity contribution in [3.8, 4) is 0 Å². The smallest absolute Gasteiger partial charge is 0.262 e. The monoisotopic (exact) mass is 492 g/mol. The van der Waals surface area contributed by atoms with Crippen LogP contribution in [0, 0.1) is 0 Å².